The van der Waals surface area contributed by atoms with Gasteiger partial charge >= 0.3 is 0 Å². The fourth-order valence-electron chi connectivity index (χ4n) is 1.63. The molecule has 16 heavy (non-hydrogen) atoms. The van der Waals surface area contributed by atoms with Crippen LogP contribution < -0.4 is 5.73 Å². The maximum Gasteiger partial charge on any atom is 0.251 e. The Hall–Kier alpha value is -0.520. The monoisotopic (exact) mass is 292 g/mol. The molecule has 2 nitrogen and oxygen atoms in total. The van der Waals surface area contributed by atoms with E-state index < -0.39 is 6.43 Å². The van der Waals surface area contributed by atoms with Gasteiger partial charge < -0.3 is 5.73 Å². The van der Waals surface area contributed by atoms with Crippen molar-refractivity contribution in [3.8, 4) is 0 Å². The normalized spacial score (nSPS) is 13.4. The second kappa shape index (κ2) is 6.27. The number of hydrogen-bond acceptors (Lipinski definition) is 2. The lowest BCUT2D eigenvalue weighted by Gasteiger charge is -2.27. The number of nitrogens with two attached hydrogens (primary N) is 1. The third-order valence-corrected chi connectivity index (χ3v) is 2.91. The van der Waals surface area contributed by atoms with Gasteiger partial charge in [-0.1, -0.05) is 28.1 Å². The van der Waals surface area contributed by atoms with Gasteiger partial charge in [0.25, 0.3) is 6.43 Å². The highest BCUT2D eigenvalue weighted by molar-refractivity contribution is 9.10. The standard InChI is InChI=1S/C11H15BrF2N2/c1-16(7-11(13)14)10(6-15)8-3-2-4-9(12)5-8/h2-5,10-11H,6-7,15H2,1H3. The zero-order valence-corrected chi connectivity index (χ0v) is 10.6. The topological polar surface area (TPSA) is 29.3 Å². The van der Waals surface area contributed by atoms with Crippen LogP contribution in [-0.4, -0.2) is 31.5 Å². The van der Waals surface area contributed by atoms with Crippen LogP contribution >= 0.6 is 15.9 Å². The molecule has 1 unspecified atom stereocenters. The number of nitrogens with zero attached hydrogens (tertiary/aromatic N) is 1. The fraction of sp³-hybridized carbons (Fsp3) is 0.455. The van der Waals surface area contributed by atoms with Crippen LogP contribution in [0.3, 0.4) is 0 Å². The van der Waals surface area contributed by atoms with Crippen LogP contribution in [0.2, 0.25) is 0 Å². The SMILES string of the molecule is CN(CC(F)F)C(CN)c1cccc(Br)c1. The van der Waals surface area contributed by atoms with E-state index in [1.54, 1.807) is 11.9 Å². The average molecular weight is 293 g/mol. The van der Waals surface area contributed by atoms with Gasteiger partial charge in [-0.3, -0.25) is 4.90 Å². The van der Waals surface area contributed by atoms with E-state index in [2.05, 4.69) is 15.9 Å². The predicted molar refractivity (Wildman–Crippen MR) is 64.6 cm³/mol. The highest BCUT2D eigenvalue weighted by Crippen LogP contribution is 2.22. The summed E-state index contributed by atoms with van der Waals surface area (Å²) in [6, 6.07) is 7.39. The Labute approximate surface area is 103 Å². The smallest absolute Gasteiger partial charge is 0.251 e. The molecule has 0 radical (unpaired) electrons. The Balaban J connectivity index is 2.81. The molecule has 5 heteroatoms. The van der Waals surface area contributed by atoms with E-state index >= 15 is 0 Å². The lowest BCUT2D eigenvalue weighted by atomic mass is 10.1. The van der Waals surface area contributed by atoms with Gasteiger partial charge in [-0.05, 0) is 24.7 Å². The van der Waals surface area contributed by atoms with Crippen LogP contribution in [0.4, 0.5) is 8.78 Å². The van der Waals surface area contributed by atoms with Gasteiger partial charge in [-0.2, -0.15) is 0 Å². The maximum absolute atomic E-state index is 12.3. The minimum absolute atomic E-state index is 0.175. The van der Waals surface area contributed by atoms with Gasteiger partial charge in [0.05, 0.1) is 6.54 Å². The van der Waals surface area contributed by atoms with Crippen LogP contribution in [0.1, 0.15) is 11.6 Å². The molecule has 0 saturated carbocycles. The van der Waals surface area contributed by atoms with Crippen molar-refractivity contribution in [3.63, 3.8) is 0 Å². The molecule has 1 atom stereocenters. The first-order valence-electron chi connectivity index (χ1n) is 4.98. The minimum Gasteiger partial charge on any atom is -0.329 e. The first-order valence-corrected chi connectivity index (χ1v) is 5.77. The Morgan fingerprint density at radius 3 is 2.62 bits per heavy atom. The molecule has 0 aliphatic carbocycles. The summed E-state index contributed by atoms with van der Waals surface area (Å²) in [6.45, 7) is 0.0497. The number of benzene rings is 1. The number of alkyl halides is 2. The van der Waals surface area contributed by atoms with Gasteiger partial charge in [0.2, 0.25) is 0 Å². The largest absolute Gasteiger partial charge is 0.329 e. The van der Waals surface area contributed by atoms with E-state index in [0.29, 0.717) is 6.54 Å². The molecule has 0 saturated heterocycles. The molecule has 0 aliphatic heterocycles. The molecule has 1 aromatic carbocycles. The van der Waals surface area contributed by atoms with Crippen molar-refractivity contribution in [3.05, 3.63) is 34.3 Å². The Kier molecular flexibility index (Phi) is 5.31. The molecule has 0 heterocycles. The minimum atomic E-state index is -2.34. The first kappa shape index (κ1) is 13.5. The summed E-state index contributed by atoms with van der Waals surface area (Å²) >= 11 is 3.35. The van der Waals surface area contributed by atoms with Gasteiger partial charge in [-0.15, -0.1) is 0 Å². The third kappa shape index (κ3) is 3.81. The van der Waals surface area contributed by atoms with E-state index in [1.807, 2.05) is 24.3 Å². The lowest BCUT2D eigenvalue weighted by Crippen LogP contribution is -2.33. The van der Waals surface area contributed by atoms with Gasteiger partial charge in [0.15, 0.2) is 0 Å². The second-order valence-corrected chi connectivity index (χ2v) is 4.55. The highest BCUT2D eigenvalue weighted by atomic mass is 79.9. The summed E-state index contributed by atoms with van der Waals surface area (Å²) < 4.78 is 25.5. The van der Waals surface area contributed by atoms with Gasteiger partial charge in [-0.25, -0.2) is 8.78 Å². The first-order chi connectivity index (χ1) is 7.54. The van der Waals surface area contributed by atoms with E-state index in [-0.39, 0.29) is 12.6 Å². The van der Waals surface area contributed by atoms with Crippen LogP contribution in [0.5, 0.6) is 0 Å². The van der Waals surface area contributed by atoms with Crippen molar-refractivity contribution in [2.45, 2.75) is 12.5 Å². The van der Waals surface area contributed by atoms with E-state index in [0.717, 1.165) is 10.0 Å². The summed E-state index contributed by atoms with van der Waals surface area (Å²) in [5.74, 6) is 0. The molecule has 0 bridgehead atoms. The molecular weight excluding hydrogens is 278 g/mol. The molecular formula is C11H15BrF2N2. The zero-order chi connectivity index (χ0) is 12.1. The molecule has 0 amide bonds. The van der Waals surface area contributed by atoms with Gasteiger partial charge in [0.1, 0.15) is 0 Å². The van der Waals surface area contributed by atoms with Gasteiger partial charge in [0, 0.05) is 17.1 Å². The Morgan fingerprint density at radius 1 is 1.44 bits per heavy atom. The third-order valence-electron chi connectivity index (χ3n) is 2.41. The molecule has 0 fully saturated rings. The Morgan fingerprint density at radius 2 is 2.12 bits per heavy atom. The maximum atomic E-state index is 12.3. The predicted octanol–water partition coefficient (Wildman–Crippen LogP) is 2.65. The highest BCUT2D eigenvalue weighted by Gasteiger charge is 2.18. The van der Waals surface area contributed by atoms with Crippen LogP contribution in [0.25, 0.3) is 0 Å². The van der Waals surface area contributed by atoms with E-state index in [9.17, 15) is 8.78 Å². The number of likely N-dealkylation sites (N-methyl/N-ethyl adjacent to an activating group) is 1. The van der Waals surface area contributed by atoms with Crippen molar-refractivity contribution in [1.82, 2.24) is 4.90 Å². The van der Waals surface area contributed by atoms with Crippen LogP contribution in [0, 0.1) is 0 Å². The van der Waals surface area contributed by atoms with E-state index in [1.165, 1.54) is 0 Å². The summed E-state index contributed by atoms with van der Waals surface area (Å²) in [5, 5.41) is 0. The molecule has 2 N–H and O–H groups in total. The number of hydrogen-bond donors (Lipinski definition) is 1. The van der Waals surface area contributed by atoms with Crippen LogP contribution in [-0.2, 0) is 0 Å². The summed E-state index contributed by atoms with van der Waals surface area (Å²) in [7, 11) is 1.66. The Bertz CT molecular complexity index is 334. The van der Waals surface area contributed by atoms with Crippen molar-refractivity contribution >= 4 is 15.9 Å². The average Bonchev–Trinajstić information content (AvgIpc) is 2.17. The summed E-state index contributed by atoms with van der Waals surface area (Å²) in [6.07, 6.45) is -2.34. The molecule has 1 rings (SSSR count). The second-order valence-electron chi connectivity index (χ2n) is 3.64. The van der Waals surface area contributed by atoms with Crippen LogP contribution in [0.15, 0.2) is 28.7 Å². The van der Waals surface area contributed by atoms with Crippen molar-refractivity contribution < 1.29 is 8.78 Å². The zero-order valence-electron chi connectivity index (χ0n) is 9.04. The van der Waals surface area contributed by atoms with Crippen molar-refractivity contribution in [1.29, 1.82) is 0 Å². The number of halogens is 3. The number of rotatable bonds is 5. The molecule has 90 valence electrons. The molecule has 0 spiro atoms. The van der Waals surface area contributed by atoms with Crippen molar-refractivity contribution in [2.75, 3.05) is 20.1 Å². The summed E-state index contributed by atoms with van der Waals surface area (Å²) in [4.78, 5) is 1.58. The molecule has 0 aromatic heterocycles. The lowest BCUT2D eigenvalue weighted by molar-refractivity contribution is 0.0822. The molecule has 1 aromatic rings. The molecule has 0 aliphatic rings. The van der Waals surface area contributed by atoms with E-state index in [4.69, 9.17) is 5.73 Å². The van der Waals surface area contributed by atoms with Crippen molar-refractivity contribution in [2.24, 2.45) is 5.73 Å². The fourth-order valence-corrected chi connectivity index (χ4v) is 2.05. The quantitative estimate of drug-likeness (QED) is 0.904. The summed E-state index contributed by atoms with van der Waals surface area (Å²) in [5.41, 5.74) is 6.57.